The van der Waals surface area contributed by atoms with Crippen LogP contribution in [0.5, 0.6) is 5.75 Å². The lowest BCUT2D eigenvalue weighted by Crippen LogP contribution is -2.44. The van der Waals surface area contributed by atoms with Crippen molar-refractivity contribution in [3.05, 3.63) is 29.3 Å². The molecule has 0 radical (unpaired) electrons. The van der Waals surface area contributed by atoms with Crippen molar-refractivity contribution in [3.8, 4) is 5.75 Å². The van der Waals surface area contributed by atoms with E-state index in [1.807, 2.05) is 46.8 Å². The molecule has 1 aromatic rings. The summed E-state index contributed by atoms with van der Waals surface area (Å²) in [7, 11) is 0. The summed E-state index contributed by atoms with van der Waals surface area (Å²) < 4.78 is 0. The van der Waals surface area contributed by atoms with Crippen LogP contribution in [0, 0.1) is 12.8 Å². The molecule has 0 heterocycles. The summed E-state index contributed by atoms with van der Waals surface area (Å²) in [5.74, 6) is 0.557. The van der Waals surface area contributed by atoms with E-state index in [2.05, 4.69) is 5.32 Å². The normalized spacial score (nSPS) is 13.0. The lowest BCUT2D eigenvalue weighted by atomic mass is 9.94. The van der Waals surface area contributed by atoms with E-state index >= 15 is 0 Å². The zero-order chi connectivity index (χ0) is 14.6. The van der Waals surface area contributed by atoms with E-state index < -0.39 is 0 Å². The lowest BCUT2D eigenvalue weighted by molar-refractivity contribution is -0.124. The third kappa shape index (κ3) is 4.67. The predicted molar refractivity (Wildman–Crippen MR) is 78.5 cm³/mol. The molecular weight excluding hydrogens is 238 g/mol. The standard InChI is InChI=1S/C16H25NO2/c1-10(2)16(19)14(17-11(3)4)9-13-6-7-15(18)12(5)8-13/h6-8,10-11,14,17-18H,9H2,1-5H3. The number of rotatable bonds is 6. The summed E-state index contributed by atoms with van der Waals surface area (Å²) in [5, 5.41) is 12.9. The number of nitrogens with one attached hydrogen (secondary N) is 1. The average molecular weight is 263 g/mol. The van der Waals surface area contributed by atoms with Crippen molar-refractivity contribution < 1.29 is 9.90 Å². The second-order valence-corrected chi connectivity index (χ2v) is 5.76. The maximum absolute atomic E-state index is 12.2. The predicted octanol–water partition coefficient (Wildman–Crippen LogP) is 2.83. The van der Waals surface area contributed by atoms with Gasteiger partial charge in [0.05, 0.1) is 6.04 Å². The molecule has 0 saturated heterocycles. The number of hydrogen-bond acceptors (Lipinski definition) is 3. The van der Waals surface area contributed by atoms with Crippen LogP contribution in [-0.4, -0.2) is 23.0 Å². The Balaban J connectivity index is 2.87. The molecule has 1 atom stereocenters. The van der Waals surface area contributed by atoms with E-state index in [0.717, 1.165) is 11.1 Å². The van der Waals surface area contributed by atoms with E-state index in [1.54, 1.807) is 6.07 Å². The van der Waals surface area contributed by atoms with Crippen LogP contribution in [0.1, 0.15) is 38.8 Å². The maximum atomic E-state index is 12.2. The van der Waals surface area contributed by atoms with Crippen LogP contribution in [0.3, 0.4) is 0 Å². The van der Waals surface area contributed by atoms with Gasteiger partial charge in [0.2, 0.25) is 0 Å². The first-order valence-corrected chi connectivity index (χ1v) is 6.89. The highest BCUT2D eigenvalue weighted by Gasteiger charge is 2.22. The van der Waals surface area contributed by atoms with E-state index in [9.17, 15) is 9.90 Å². The third-order valence-corrected chi connectivity index (χ3v) is 3.15. The number of phenolic OH excluding ortho intramolecular Hbond substituents is 1. The van der Waals surface area contributed by atoms with Gasteiger partial charge in [-0.3, -0.25) is 4.79 Å². The fraction of sp³-hybridized carbons (Fsp3) is 0.562. The summed E-state index contributed by atoms with van der Waals surface area (Å²) in [6.07, 6.45) is 0.663. The Bertz CT molecular complexity index is 438. The molecule has 0 aliphatic rings. The van der Waals surface area contributed by atoms with Gasteiger partial charge in [-0.15, -0.1) is 0 Å². The Labute approximate surface area is 116 Å². The van der Waals surface area contributed by atoms with Crippen LogP contribution in [0.25, 0.3) is 0 Å². The van der Waals surface area contributed by atoms with Crippen molar-refractivity contribution in [1.82, 2.24) is 5.32 Å². The summed E-state index contributed by atoms with van der Waals surface area (Å²) in [6.45, 7) is 9.82. The minimum atomic E-state index is -0.163. The van der Waals surface area contributed by atoms with Crippen molar-refractivity contribution in [2.45, 2.75) is 53.1 Å². The molecular formula is C16H25NO2. The monoisotopic (exact) mass is 263 g/mol. The molecule has 0 aliphatic carbocycles. The first kappa shape index (κ1) is 15.7. The van der Waals surface area contributed by atoms with Gasteiger partial charge in [-0.1, -0.05) is 39.8 Å². The summed E-state index contributed by atoms with van der Waals surface area (Å²) in [4.78, 5) is 12.2. The van der Waals surface area contributed by atoms with Gasteiger partial charge in [0, 0.05) is 12.0 Å². The van der Waals surface area contributed by atoms with Crippen LogP contribution in [-0.2, 0) is 11.2 Å². The number of benzene rings is 1. The van der Waals surface area contributed by atoms with Gasteiger partial charge < -0.3 is 10.4 Å². The van der Waals surface area contributed by atoms with Crippen molar-refractivity contribution in [2.75, 3.05) is 0 Å². The minimum Gasteiger partial charge on any atom is -0.508 e. The van der Waals surface area contributed by atoms with Crippen molar-refractivity contribution in [2.24, 2.45) is 5.92 Å². The average Bonchev–Trinajstić information content (AvgIpc) is 2.31. The molecule has 3 heteroatoms. The first-order valence-electron chi connectivity index (χ1n) is 6.89. The van der Waals surface area contributed by atoms with E-state index in [1.165, 1.54) is 0 Å². The van der Waals surface area contributed by atoms with Crippen LogP contribution in [0.15, 0.2) is 18.2 Å². The molecule has 19 heavy (non-hydrogen) atoms. The number of aromatic hydroxyl groups is 1. The summed E-state index contributed by atoms with van der Waals surface area (Å²) in [6, 6.07) is 5.62. The van der Waals surface area contributed by atoms with Crippen LogP contribution >= 0.6 is 0 Å². The van der Waals surface area contributed by atoms with Crippen molar-refractivity contribution in [1.29, 1.82) is 0 Å². The Morgan fingerprint density at radius 1 is 1.26 bits per heavy atom. The quantitative estimate of drug-likeness (QED) is 0.829. The molecule has 0 saturated carbocycles. The largest absolute Gasteiger partial charge is 0.508 e. The number of carbonyl (C=O) groups excluding carboxylic acids is 1. The van der Waals surface area contributed by atoms with Gasteiger partial charge >= 0.3 is 0 Å². The smallest absolute Gasteiger partial charge is 0.152 e. The van der Waals surface area contributed by atoms with Gasteiger partial charge in [-0.2, -0.15) is 0 Å². The van der Waals surface area contributed by atoms with Crippen molar-refractivity contribution >= 4 is 5.78 Å². The molecule has 0 spiro atoms. The van der Waals surface area contributed by atoms with Crippen molar-refractivity contribution in [3.63, 3.8) is 0 Å². The molecule has 0 fully saturated rings. The Morgan fingerprint density at radius 3 is 2.37 bits per heavy atom. The minimum absolute atomic E-state index is 0.0226. The number of hydrogen-bond donors (Lipinski definition) is 2. The lowest BCUT2D eigenvalue weighted by Gasteiger charge is -2.22. The molecule has 0 bridgehead atoms. The SMILES string of the molecule is Cc1cc(CC(NC(C)C)C(=O)C(C)C)ccc1O. The second kappa shape index (κ2) is 6.71. The summed E-state index contributed by atoms with van der Waals surface area (Å²) >= 11 is 0. The topological polar surface area (TPSA) is 49.3 Å². The van der Waals surface area contributed by atoms with Crippen LogP contribution < -0.4 is 5.32 Å². The number of carbonyl (C=O) groups is 1. The molecule has 106 valence electrons. The Kier molecular flexibility index (Phi) is 5.55. The maximum Gasteiger partial charge on any atom is 0.152 e. The van der Waals surface area contributed by atoms with Crippen LogP contribution in [0.4, 0.5) is 0 Å². The molecule has 1 rings (SSSR count). The first-order chi connectivity index (χ1) is 8.81. The molecule has 0 aliphatic heterocycles. The summed E-state index contributed by atoms with van der Waals surface area (Å²) in [5.41, 5.74) is 1.92. The van der Waals surface area contributed by atoms with Gasteiger partial charge in [-0.05, 0) is 30.5 Å². The number of ketones is 1. The second-order valence-electron chi connectivity index (χ2n) is 5.76. The van der Waals surface area contributed by atoms with Crippen LogP contribution in [0.2, 0.25) is 0 Å². The zero-order valence-corrected chi connectivity index (χ0v) is 12.5. The molecule has 0 aromatic heterocycles. The van der Waals surface area contributed by atoms with Gasteiger partial charge in [-0.25, -0.2) is 0 Å². The number of aryl methyl sites for hydroxylation is 1. The fourth-order valence-corrected chi connectivity index (χ4v) is 2.13. The highest BCUT2D eigenvalue weighted by Crippen LogP contribution is 2.18. The van der Waals surface area contributed by atoms with Gasteiger partial charge in [0.15, 0.2) is 5.78 Å². The Morgan fingerprint density at radius 2 is 1.89 bits per heavy atom. The van der Waals surface area contributed by atoms with E-state index in [4.69, 9.17) is 0 Å². The fourth-order valence-electron chi connectivity index (χ4n) is 2.13. The van der Waals surface area contributed by atoms with Gasteiger partial charge in [0.25, 0.3) is 0 Å². The molecule has 1 aromatic carbocycles. The zero-order valence-electron chi connectivity index (χ0n) is 12.5. The molecule has 0 amide bonds. The van der Waals surface area contributed by atoms with E-state index in [0.29, 0.717) is 12.2 Å². The third-order valence-electron chi connectivity index (χ3n) is 3.15. The van der Waals surface area contributed by atoms with E-state index in [-0.39, 0.29) is 23.8 Å². The Hall–Kier alpha value is -1.35. The highest BCUT2D eigenvalue weighted by molar-refractivity contribution is 5.86. The molecule has 2 N–H and O–H groups in total. The molecule has 3 nitrogen and oxygen atoms in total. The molecule has 1 unspecified atom stereocenters. The van der Waals surface area contributed by atoms with Gasteiger partial charge in [0.1, 0.15) is 5.75 Å². The highest BCUT2D eigenvalue weighted by atomic mass is 16.3. The number of phenols is 1. The number of Topliss-reactive ketones (excluding diaryl/α,β-unsaturated/α-hetero) is 1.